The van der Waals surface area contributed by atoms with Crippen LogP contribution in [0, 0.1) is 0 Å². The van der Waals surface area contributed by atoms with Gasteiger partial charge >= 0.3 is 0 Å². The Bertz CT molecular complexity index is 326. The van der Waals surface area contributed by atoms with Gasteiger partial charge in [0.1, 0.15) is 0 Å². The van der Waals surface area contributed by atoms with Crippen LogP contribution in [-0.2, 0) is 6.42 Å². The zero-order valence-corrected chi connectivity index (χ0v) is 13.2. The van der Waals surface area contributed by atoms with Crippen LogP contribution in [0.5, 0.6) is 0 Å². The number of hydrogen-bond acceptors (Lipinski definition) is 3. The largest absolute Gasteiger partial charge is 0.329 e. The van der Waals surface area contributed by atoms with Gasteiger partial charge in [-0.25, -0.2) is 0 Å². The maximum Gasteiger partial charge on any atom is 0.0416 e. The van der Waals surface area contributed by atoms with Crippen molar-refractivity contribution in [1.29, 1.82) is 0 Å². The summed E-state index contributed by atoms with van der Waals surface area (Å²) in [5, 5.41) is 0. The summed E-state index contributed by atoms with van der Waals surface area (Å²) in [4.78, 5) is 6.77. The highest BCUT2D eigenvalue weighted by Crippen LogP contribution is 2.10. The lowest BCUT2D eigenvalue weighted by Crippen LogP contribution is -2.39. The Labute approximate surface area is 124 Å². The van der Waals surface area contributed by atoms with E-state index in [4.69, 9.17) is 5.73 Å². The third-order valence-electron chi connectivity index (χ3n) is 3.98. The fourth-order valence-electron chi connectivity index (χ4n) is 2.52. The molecule has 0 aliphatic carbocycles. The first kappa shape index (κ1) is 17.1. The van der Waals surface area contributed by atoms with Crippen LogP contribution >= 0.6 is 0 Å². The third-order valence-corrected chi connectivity index (χ3v) is 3.98. The van der Waals surface area contributed by atoms with Gasteiger partial charge in [-0.1, -0.05) is 45.1 Å². The van der Waals surface area contributed by atoms with Gasteiger partial charge in [0.2, 0.25) is 0 Å². The lowest BCUT2D eigenvalue weighted by molar-refractivity contribution is 0.232. The predicted octanol–water partition coefficient (Wildman–Crippen LogP) is 3.24. The van der Waals surface area contributed by atoms with Crippen molar-refractivity contribution in [3.63, 3.8) is 0 Å². The molecule has 0 spiro atoms. The van der Waals surface area contributed by atoms with E-state index in [0.717, 1.165) is 25.2 Å². The van der Waals surface area contributed by atoms with Gasteiger partial charge in [0, 0.05) is 37.4 Å². The van der Waals surface area contributed by atoms with E-state index < -0.39 is 0 Å². The van der Waals surface area contributed by atoms with Gasteiger partial charge in [-0.15, -0.1) is 0 Å². The molecule has 1 rings (SSSR count). The van der Waals surface area contributed by atoms with Crippen molar-refractivity contribution in [3.8, 4) is 0 Å². The molecule has 114 valence electrons. The highest BCUT2D eigenvalue weighted by atomic mass is 15.1. The summed E-state index contributed by atoms with van der Waals surface area (Å²) in [6.45, 7) is 4.05. The van der Waals surface area contributed by atoms with E-state index in [9.17, 15) is 0 Å². The number of nitrogens with two attached hydrogens (primary N) is 1. The van der Waals surface area contributed by atoms with E-state index >= 15 is 0 Å². The minimum Gasteiger partial charge on any atom is -0.329 e. The van der Waals surface area contributed by atoms with E-state index in [-0.39, 0.29) is 0 Å². The number of aromatic nitrogens is 1. The van der Waals surface area contributed by atoms with Gasteiger partial charge in [-0.3, -0.25) is 4.98 Å². The summed E-state index contributed by atoms with van der Waals surface area (Å²) in [6, 6.07) is 6.62. The SMILES string of the molecule is CCCCCCCC(CN)N(C)CCc1ccccn1. The maximum atomic E-state index is 5.93. The molecule has 0 aliphatic rings. The minimum atomic E-state index is 0.514. The second kappa shape index (κ2) is 10.8. The van der Waals surface area contributed by atoms with Crippen molar-refractivity contribution in [2.45, 2.75) is 57.9 Å². The van der Waals surface area contributed by atoms with Crippen molar-refractivity contribution in [3.05, 3.63) is 30.1 Å². The number of hydrogen-bond donors (Lipinski definition) is 1. The Morgan fingerprint density at radius 2 is 2.00 bits per heavy atom. The number of likely N-dealkylation sites (N-methyl/N-ethyl adjacent to an activating group) is 1. The topological polar surface area (TPSA) is 42.1 Å². The molecule has 0 bridgehead atoms. The van der Waals surface area contributed by atoms with Gasteiger partial charge in [0.25, 0.3) is 0 Å². The highest BCUT2D eigenvalue weighted by molar-refractivity contribution is 5.03. The smallest absolute Gasteiger partial charge is 0.0416 e. The molecule has 2 N–H and O–H groups in total. The molecule has 0 radical (unpaired) electrons. The summed E-state index contributed by atoms with van der Waals surface area (Å²) < 4.78 is 0. The zero-order chi connectivity index (χ0) is 14.6. The molecule has 0 saturated carbocycles. The lowest BCUT2D eigenvalue weighted by atomic mass is 10.1. The van der Waals surface area contributed by atoms with Crippen LogP contribution in [0.1, 0.15) is 51.1 Å². The Kier molecular flexibility index (Phi) is 9.25. The van der Waals surface area contributed by atoms with Gasteiger partial charge < -0.3 is 10.6 Å². The Morgan fingerprint density at radius 1 is 1.20 bits per heavy atom. The van der Waals surface area contributed by atoms with Crippen LogP contribution in [0.2, 0.25) is 0 Å². The van der Waals surface area contributed by atoms with Crippen LogP contribution in [0.3, 0.4) is 0 Å². The normalized spacial score (nSPS) is 12.8. The quantitative estimate of drug-likeness (QED) is 0.631. The molecular weight excluding hydrogens is 246 g/mol. The molecule has 0 fully saturated rings. The fourth-order valence-corrected chi connectivity index (χ4v) is 2.52. The van der Waals surface area contributed by atoms with Crippen LogP contribution in [0.25, 0.3) is 0 Å². The molecular formula is C17H31N3. The van der Waals surface area contributed by atoms with Gasteiger partial charge in [-0.05, 0) is 25.6 Å². The summed E-state index contributed by atoms with van der Waals surface area (Å²) in [6.07, 6.45) is 10.8. The van der Waals surface area contributed by atoms with E-state index in [2.05, 4.69) is 36.0 Å². The first-order valence-electron chi connectivity index (χ1n) is 8.08. The van der Waals surface area contributed by atoms with E-state index in [0.29, 0.717) is 6.04 Å². The average molecular weight is 277 g/mol. The Morgan fingerprint density at radius 3 is 2.65 bits per heavy atom. The second-order valence-electron chi connectivity index (χ2n) is 5.64. The number of nitrogens with zero attached hydrogens (tertiary/aromatic N) is 2. The molecule has 3 nitrogen and oxygen atoms in total. The molecule has 0 aliphatic heterocycles. The monoisotopic (exact) mass is 277 g/mol. The van der Waals surface area contributed by atoms with Crippen molar-refractivity contribution in [2.75, 3.05) is 20.1 Å². The van der Waals surface area contributed by atoms with Gasteiger partial charge in [0.15, 0.2) is 0 Å². The van der Waals surface area contributed by atoms with Crippen LogP contribution < -0.4 is 5.73 Å². The molecule has 20 heavy (non-hydrogen) atoms. The van der Waals surface area contributed by atoms with E-state index in [1.165, 1.54) is 38.5 Å². The lowest BCUT2D eigenvalue weighted by Gasteiger charge is -2.26. The van der Waals surface area contributed by atoms with Crippen molar-refractivity contribution >= 4 is 0 Å². The summed E-state index contributed by atoms with van der Waals surface area (Å²) in [5.74, 6) is 0. The van der Waals surface area contributed by atoms with Crippen LogP contribution in [0.4, 0.5) is 0 Å². The molecule has 1 aromatic rings. The van der Waals surface area contributed by atoms with Gasteiger partial charge in [0.05, 0.1) is 0 Å². The molecule has 0 amide bonds. The first-order chi connectivity index (χ1) is 9.77. The van der Waals surface area contributed by atoms with Gasteiger partial charge in [-0.2, -0.15) is 0 Å². The second-order valence-corrected chi connectivity index (χ2v) is 5.64. The fraction of sp³-hybridized carbons (Fsp3) is 0.706. The molecule has 0 saturated heterocycles. The molecule has 1 aromatic heterocycles. The highest BCUT2D eigenvalue weighted by Gasteiger charge is 2.12. The van der Waals surface area contributed by atoms with E-state index in [1.807, 2.05) is 12.3 Å². The summed E-state index contributed by atoms with van der Waals surface area (Å²) in [7, 11) is 2.19. The van der Waals surface area contributed by atoms with Crippen molar-refractivity contribution < 1.29 is 0 Å². The van der Waals surface area contributed by atoms with Crippen LogP contribution in [-0.4, -0.2) is 36.1 Å². The molecule has 1 heterocycles. The molecule has 1 atom stereocenters. The molecule has 1 unspecified atom stereocenters. The predicted molar refractivity (Wildman–Crippen MR) is 86.8 cm³/mol. The zero-order valence-electron chi connectivity index (χ0n) is 13.2. The summed E-state index contributed by atoms with van der Waals surface area (Å²) in [5.41, 5.74) is 7.09. The van der Waals surface area contributed by atoms with Crippen molar-refractivity contribution in [2.24, 2.45) is 5.73 Å². The maximum absolute atomic E-state index is 5.93. The molecule has 3 heteroatoms. The minimum absolute atomic E-state index is 0.514. The standard InChI is InChI=1S/C17H31N3/c1-3-4-5-6-7-11-17(15-18)20(2)14-12-16-10-8-9-13-19-16/h8-10,13,17H,3-7,11-12,14-15,18H2,1-2H3. The third kappa shape index (κ3) is 7.01. The van der Waals surface area contributed by atoms with E-state index in [1.54, 1.807) is 0 Å². The number of rotatable bonds is 11. The number of pyridine rings is 1. The van der Waals surface area contributed by atoms with Crippen LogP contribution in [0.15, 0.2) is 24.4 Å². The average Bonchev–Trinajstić information content (AvgIpc) is 2.49. The Hall–Kier alpha value is -0.930. The number of unbranched alkanes of at least 4 members (excludes halogenated alkanes) is 4. The molecule has 0 aromatic carbocycles. The Balaban J connectivity index is 2.22. The summed E-state index contributed by atoms with van der Waals surface area (Å²) >= 11 is 0. The first-order valence-corrected chi connectivity index (χ1v) is 8.08. The van der Waals surface area contributed by atoms with Crippen molar-refractivity contribution in [1.82, 2.24) is 9.88 Å².